The molecule has 0 radical (unpaired) electrons. The first-order valence-corrected chi connectivity index (χ1v) is 13.6. The van der Waals surface area contributed by atoms with Gasteiger partial charge in [0.1, 0.15) is 6.04 Å². The van der Waals surface area contributed by atoms with Gasteiger partial charge in [0, 0.05) is 41.4 Å². The van der Waals surface area contributed by atoms with Crippen molar-refractivity contribution in [1.29, 1.82) is 0 Å². The highest BCUT2D eigenvalue weighted by Crippen LogP contribution is 2.22. The number of piperazine rings is 1. The van der Waals surface area contributed by atoms with Crippen LogP contribution in [0.1, 0.15) is 5.56 Å². The molecule has 178 valence electrons. The molecule has 1 fully saturated rings. The number of anilines is 1. The molecule has 1 amide bonds. The van der Waals surface area contributed by atoms with Gasteiger partial charge in [-0.3, -0.25) is 4.79 Å². The number of nitrogens with one attached hydrogen (secondary N) is 1. The lowest BCUT2D eigenvalue weighted by Gasteiger charge is -2.37. The molecule has 1 saturated heterocycles. The number of sulfonamides is 1. The fourth-order valence-electron chi connectivity index (χ4n) is 3.98. The highest BCUT2D eigenvalue weighted by molar-refractivity contribution is 9.10. The van der Waals surface area contributed by atoms with E-state index in [1.54, 1.807) is 17.0 Å². The zero-order valence-electron chi connectivity index (χ0n) is 18.4. The predicted molar refractivity (Wildman–Crippen MR) is 139 cm³/mol. The Morgan fingerprint density at radius 2 is 1.62 bits per heavy atom. The Morgan fingerprint density at radius 1 is 0.941 bits per heavy atom. The zero-order valence-corrected chi connectivity index (χ0v) is 21.6. The van der Waals surface area contributed by atoms with Crippen LogP contribution in [0.3, 0.4) is 0 Å². The number of amides is 1. The Kier molecular flexibility index (Phi) is 7.93. The largest absolute Gasteiger partial charge is 0.368 e. The fourth-order valence-corrected chi connectivity index (χ4v) is 5.61. The lowest BCUT2D eigenvalue weighted by Crippen LogP contribution is -2.55. The van der Waals surface area contributed by atoms with Crippen molar-refractivity contribution in [3.63, 3.8) is 0 Å². The maximum Gasteiger partial charge on any atom is 0.241 e. The molecule has 0 unspecified atom stereocenters. The molecule has 1 aliphatic rings. The molecule has 3 aromatic rings. The summed E-state index contributed by atoms with van der Waals surface area (Å²) in [7, 11) is -3.88. The van der Waals surface area contributed by atoms with Gasteiger partial charge in [0.25, 0.3) is 0 Å². The monoisotopic (exact) mass is 561 g/mol. The van der Waals surface area contributed by atoms with Gasteiger partial charge >= 0.3 is 0 Å². The molecular formula is C25H25BrClN3O3S. The van der Waals surface area contributed by atoms with Crippen LogP contribution < -0.4 is 9.62 Å². The van der Waals surface area contributed by atoms with Crippen LogP contribution in [0.5, 0.6) is 0 Å². The van der Waals surface area contributed by atoms with Crippen molar-refractivity contribution in [2.45, 2.75) is 17.4 Å². The van der Waals surface area contributed by atoms with E-state index < -0.39 is 16.1 Å². The van der Waals surface area contributed by atoms with E-state index in [0.29, 0.717) is 31.2 Å². The van der Waals surface area contributed by atoms with Gasteiger partial charge in [-0.05, 0) is 54.4 Å². The first-order chi connectivity index (χ1) is 16.3. The second-order valence-electron chi connectivity index (χ2n) is 8.11. The average Bonchev–Trinajstić information content (AvgIpc) is 2.84. The fraction of sp³-hybridized carbons (Fsp3) is 0.240. The number of benzene rings is 3. The third-order valence-corrected chi connectivity index (χ3v) is 8.02. The molecule has 34 heavy (non-hydrogen) atoms. The van der Waals surface area contributed by atoms with Crippen LogP contribution in [0.2, 0.25) is 5.02 Å². The SMILES string of the molecule is O=C([C@H](Cc1ccccc1)NS(=O)(=O)c1ccc(Br)cc1)N1CCN(c2cccc(Cl)c2)CC1. The summed E-state index contributed by atoms with van der Waals surface area (Å²) in [6.07, 6.45) is 0.268. The maximum absolute atomic E-state index is 13.5. The van der Waals surface area contributed by atoms with E-state index in [4.69, 9.17) is 11.6 Å². The van der Waals surface area contributed by atoms with Gasteiger partial charge < -0.3 is 9.80 Å². The first-order valence-electron chi connectivity index (χ1n) is 10.9. The summed E-state index contributed by atoms with van der Waals surface area (Å²) in [6, 6.07) is 22.5. The van der Waals surface area contributed by atoms with E-state index >= 15 is 0 Å². The Balaban J connectivity index is 1.50. The summed E-state index contributed by atoms with van der Waals surface area (Å²) in [5.74, 6) is -0.227. The summed E-state index contributed by atoms with van der Waals surface area (Å²) in [4.78, 5) is 17.5. The summed E-state index contributed by atoms with van der Waals surface area (Å²) < 4.78 is 29.6. The smallest absolute Gasteiger partial charge is 0.241 e. The van der Waals surface area contributed by atoms with Crippen LogP contribution in [-0.4, -0.2) is 51.4 Å². The topological polar surface area (TPSA) is 69.7 Å². The van der Waals surface area contributed by atoms with E-state index in [1.807, 2.05) is 54.6 Å². The lowest BCUT2D eigenvalue weighted by molar-refractivity contribution is -0.133. The minimum absolute atomic E-state index is 0.118. The standard InChI is InChI=1S/C25H25BrClN3O3S/c26-20-9-11-23(12-10-20)34(32,33)28-24(17-19-5-2-1-3-6-19)25(31)30-15-13-29(14-16-30)22-8-4-7-21(27)18-22/h1-12,18,24,28H,13-17H2/t24-/m0/s1. The molecule has 1 aliphatic heterocycles. The molecule has 1 N–H and O–H groups in total. The molecular weight excluding hydrogens is 538 g/mol. The Morgan fingerprint density at radius 3 is 2.26 bits per heavy atom. The third-order valence-electron chi connectivity index (χ3n) is 5.77. The molecule has 0 spiro atoms. The van der Waals surface area contributed by atoms with Gasteiger partial charge in [-0.1, -0.05) is 63.9 Å². The van der Waals surface area contributed by atoms with Gasteiger partial charge in [-0.25, -0.2) is 8.42 Å². The van der Waals surface area contributed by atoms with E-state index in [0.717, 1.165) is 15.7 Å². The molecule has 4 rings (SSSR count). The van der Waals surface area contributed by atoms with Gasteiger partial charge in [0.2, 0.25) is 15.9 Å². The molecule has 0 aromatic heterocycles. The highest BCUT2D eigenvalue weighted by atomic mass is 79.9. The van der Waals surface area contributed by atoms with Crippen LogP contribution in [0.4, 0.5) is 5.69 Å². The van der Waals surface area contributed by atoms with Crippen LogP contribution in [0.15, 0.2) is 88.2 Å². The zero-order chi connectivity index (χ0) is 24.1. The second kappa shape index (κ2) is 10.9. The van der Waals surface area contributed by atoms with Gasteiger partial charge in [0.15, 0.2) is 0 Å². The van der Waals surface area contributed by atoms with Gasteiger partial charge in [0.05, 0.1) is 4.90 Å². The van der Waals surface area contributed by atoms with Crippen molar-refractivity contribution >= 4 is 49.1 Å². The third kappa shape index (κ3) is 6.18. The number of rotatable bonds is 7. The normalized spacial score (nSPS) is 15.2. The number of hydrogen-bond donors (Lipinski definition) is 1. The van der Waals surface area contributed by atoms with Gasteiger partial charge in [-0.15, -0.1) is 0 Å². The summed E-state index contributed by atoms with van der Waals surface area (Å²) >= 11 is 9.44. The Hall–Kier alpha value is -2.39. The summed E-state index contributed by atoms with van der Waals surface area (Å²) in [6.45, 7) is 2.28. The number of carbonyl (C=O) groups excluding carboxylic acids is 1. The first kappa shape index (κ1) is 24.7. The van der Waals surface area contributed by atoms with Crippen LogP contribution in [0.25, 0.3) is 0 Å². The number of halogens is 2. The summed E-state index contributed by atoms with van der Waals surface area (Å²) in [5, 5.41) is 0.668. The maximum atomic E-state index is 13.5. The Labute approximate surface area is 213 Å². The Bertz CT molecular complexity index is 1230. The van der Waals surface area contributed by atoms with Crippen molar-refractivity contribution in [2.75, 3.05) is 31.1 Å². The van der Waals surface area contributed by atoms with Crippen LogP contribution in [-0.2, 0) is 21.2 Å². The van der Waals surface area contributed by atoms with Crippen molar-refractivity contribution in [3.8, 4) is 0 Å². The summed E-state index contributed by atoms with van der Waals surface area (Å²) in [5.41, 5.74) is 1.90. The molecule has 6 nitrogen and oxygen atoms in total. The molecule has 9 heteroatoms. The molecule has 0 bridgehead atoms. The van der Waals surface area contributed by atoms with E-state index in [-0.39, 0.29) is 17.2 Å². The van der Waals surface area contributed by atoms with Crippen molar-refractivity contribution in [3.05, 3.63) is 93.9 Å². The number of carbonyl (C=O) groups is 1. The molecule has 0 aliphatic carbocycles. The average molecular weight is 563 g/mol. The quantitative estimate of drug-likeness (QED) is 0.465. The van der Waals surface area contributed by atoms with E-state index in [2.05, 4.69) is 25.6 Å². The number of nitrogens with zero attached hydrogens (tertiary/aromatic N) is 2. The van der Waals surface area contributed by atoms with E-state index in [9.17, 15) is 13.2 Å². The molecule has 1 heterocycles. The van der Waals surface area contributed by atoms with Crippen LogP contribution >= 0.6 is 27.5 Å². The molecule has 0 saturated carbocycles. The highest BCUT2D eigenvalue weighted by Gasteiger charge is 2.31. The van der Waals surface area contributed by atoms with Crippen molar-refractivity contribution in [1.82, 2.24) is 9.62 Å². The molecule has 1 atom stereocenters. The van der Waals surface area contributed by atoms with Crippen molar-refractivity contribution in [2.24, 2.45) is 0 Å². The van der Waals surface area contributed by atoms with Crippen LogP contribution in [0, 0.1) is 0 Å². The minimum Gasteiger partial charge on any atom is -0.368 e. The lowest BCUT2D eigenvalue weighted by atomic mass is 10.1. The predicted octanol–water partition coefficient (Wildman–Crippen LogP) is 4.34. The van der Waals surface area contributed by atoms with Crippen molar-refractivity contribution < 1.29 is 13.2 Å². The minimum atomic E-state index is -3.88. The number of hydrogen-bond acceptors (Lipinski definition) is 4. The second-order valence-corrected chi connectivity index (χ2v) is 11.2. The van der Waals surface area contributed by atoms with Gasteiger partial charge in [-0.2, -0.15) is 4.72 Å². The molecule has 3 aromatic carbocycles. The van der Waals surface area contributed by atoms with E-state index in [1.165, 1.54) is 12.1 Å².